The van der Waals surface area contributed by atoms with E-state index in [0.29, 0.717) is 46.7 Å². The standard InChI is InChI=1S/C31H27N5O2/c1-18-12-13-27(33-16-18)36-31(38)28-19(2)34-24-14-21(20-8-4-3-5-9-20)15-26(37)29(24)30(28)25-17-32-22-10-6-7-11-23(22)35-25/h3-13,16-17,21,30,34H,14-15H2,1-2H3,(H,33,36,38)/t21-,30-/m1/s1. The van der Waals surface area contributed by atoms with Gasteiger partial charge in [0, 0.05) is 35.2 Å². The van der Waals surface area contributed by atoms with E-state index in [-0.39, 0.29) is 17.6 Å². The lowest BCUT2D eigenvalue weighted by Gasteiger charge is -2.36. The summed E-state index contributed by atoms with van der Waals surface area (Å²) >= 11 is 0. The summed E-state index contributed by atoms with van der Waals surface area (Å²) in [6.45, 7) is 3.81. The third kappa shape index (κ3) is 4.36. The van der Waals surface area contributed by atoms with Gasteiger partial charge in [-0.15, -0.1) is 0 Å². The van der Waals surface area contributed by atoms with Crippen molar-refractivity contribution in [1.29, 1.82) is 0 Å². The van der Waals surface area contributed by atoms with Gasteiger partial charge >= 0.3 is 0 Å². The van der Waals surface area contributed by atoms with Crippen LogP contribution in [0, 0.1) is 6.92 Å². The van der Waals surface area contributed by atoms with Gasteiger partial charge in [0.1, 0.15) is 5.82 Å². The predicted octanol–water partition coefficient (Wildman–Crippen LogP) is 5.33. The molecule has 2 N–H and O–H groups in total. The SMILES string of the molecule is CC1=C(C(=O)Nc2ccc(C)cn2)[C@@H](c2cnc3ccccc3n2)C2=C(C[C@@H](c3ccccc3)CC2=O)N1. The van der Waals surface area contributed by atoms with Crippen LogP contribution in [-0.4, -0.2) is 26.6 Å². The first-order valence-electron chi connectivity index (χ1n) is 12.7. The Hall–Kier alpha value is -4.65. The van der Waals surface area contributed by atoms with Gasteiger partial charge in [0.15, 0.2) is 5.78 Å². The average molecular weight is 502 g/mol. The summed E-state index contributed by atoms with van der Waals surface area (Å²) in [6, 6.07) is 21.4. The lowest BCUT2D eigenvalue weighted by molar-refractivity contribution is -0.116. The van der Waals surface area contributed by atoms with Crippen LogP contribution in [0.2, 0.25) is 0 Å². The summed E-state index contributed by atoms with van der Waals surface area (Å²) in [5.74, 6) is -0.436. The minimum Gasteiger partial charge on any atom is -0.362 e. The maximum absolute atomic E-state index is 13.8. The Labute approximate surface area is 220 Å². The molecule has 0 fully saturated rings. The molecule has 6 rings (SSSR count). The zero-order chi connectivity index (χ0) is 26.2. The molecule has 0 radical (unpaired) electrons. The van der Waals surface area contributed by atoms with Crippen LogP contribution in [0.25, 0.3) is 11.0 Å². The minimum absolute atomic E-state index is 0.0128. The number of ketones is 1. The van der Waals surface area contributed by atoms with E-state index in [0.717, 1.165) is 22.3 Å². The summed E-state index contributed by atoms with van der Waals surface area (Å²) in [7, 11) is 0. The van der Waals surface area contributed by atoms with Crippen molar-refractivity contribution in [3.8, 4) is 0 Å². The smallest absolute Gasteiger partial charge is 0.255 e. The molecule has 1 amide bonds. The van der Waals surface area contributed by atoms with E-state index in [2.05, 4.69) is 32.7 Å². The molecule has 1 aliphatic carbocycles. The summed E-state index contributed by atoms with van der Waals surface area (Å²) in [5.41, 5.74) is 6.75. The van der Waals surface area contributed by atoms with E-state index >= 15 is 0 Å². The molecule has 0 bridgehead atoms. The van der Waals surface area contributed by atoms with E-state index in [1.165, 1.54) is 0 Å². The number of dihydropyridines is 1. The number of hydrogen-bond donors (Lipinski definition) is 2. The maximum atomic E-state index is 13.8. The fourth-order valence-corrected chi connectivity index (χ4v) is 5.43. The molecule has 2 aromatic carbocycles. The Kier molecular flexibility index (Phi) is 6.04. The van der Waals surface area contributed by atoms with Gasteiger partial charge in [0.2, 0.25) is 0 Å². The first-order valence-corrected chi connectivity index (χ1v) is 12.7. The molecular formula is C31H27N5O2. The Morgan fingerprint density at radius 3 is 2.42 bits per heavy atom. The number of Topliss-reactive ketones (excluding diaryl/α,β-unsaturated/α-hetero) is 1. The monoisotopic (exact) mass is 501 g/mol. The molecule has 2 atom stereocenters. The van der Waals surface area contributed by atoms with Crippen LogP contribution in [0.15, 0.2) is 102 Å². The van der Waals surface area contributed by atoms with Crippen molar-refractivity contribution in [3.63, 3.8) is 0 Å². The first-order chi connectivity index (χ1) is 18.5. The molecule has 0 spiro atoms. The van der Waals surface area contributed by atoms with Gasteiger partial charge in [-0.3, -0.25) is 14.6 Å². The number of allylic oxidation sites excluding steroid dienone is 3. The van der Waals surface area contributed by atoms with Gasteiger partial charge in [-0.25, -0.2) is 9.97 Å². The van der Waals surface area contributed by atoms with Crippen molar-refractivity contribution in [2.75, 3.05) is 5.32 Å². The first kappa shape index (κ1) is 23.7. The summed E-state index contributed by atoms with van der Waals surface area (Å²) in [6.07, 6.45) is 4.44. The van der Waals surface area contributed by atoms with Crippen LogP contribution < -0.4 is 10.6 Å². The topological polar surface area (TPSA) is 96.9 Å². The van der Waals surface area contributed by atoms with Gasteiger partial charge in [-0.1, -0.05) is 48.5 Å². The van der Waals surface area contributed by atoms with Gasteiger partial charge in [-0.05, 0) is 55.5 Å². The van der Waals surface area contributed by atoms with Crippen LogP contribution in [0.5, 0.6) is 0 Å². The molecule has 0 saturated carbocycles. The predicted molar refractivity (Wildman–Crippen MR) is 146 cm³/mol. The molecule has 0 saturated heterocycles. The minimum atomic E-state index is -0.641. The third-order valence-electron chi connectivity index (χ3n) is 7.26. The number of nitrogens with zero attached hydrogens (tertiary/aromatic N) is 3. The van der Waals surface area contributed by atoms with Crippen molar-refractivity contribution in [1.82, 2.24) is 20.3 Å². The number of aryl methyl sites for hydroxylation is 1. The zero-order valence-corrected chi connectivity index (χ0v) is 21.2. The van der Waals surface area contributed by atoms with Gasteiger partial charge in [-0.2, -0.15) is 0 Å². The summed E-state index contributed by atoms with van der Waals surface area (Å²) < 4.78 is 0. The van der Waals surface area contributed by atoms with Gasteiger partial charge < -0.3 is 10.6 Å². The highest BCUT2D eigenvalue weighted by Crippen LogP contribution is 2.45. The number of anilines is 1. The van der Waals surface area contributed by atoms with Crippen molar-refractivity contribution in [3.05, 3.63) is 118 Å². The van der Waals surface area contributed by atoms with Gasteiger partial charge in [0.05, 0.1) is 28.8 Å². The lowest BCUT2D eigenvalue weighted by atomic mass is 9.72. The molecule has 1 aliphatic heterocycles. The highest BCUT2D eigenvalue weighted by Gasteiger charge is 2.41. The van der Waals surface area contributed by atoms with E-state index in [4.69, 9.17) is 4.98 Å². The molecule has 0 unspecified atom stereocenters. The molecule has 4 aromatic rings. The molecule has 188 valence electrons. The molecular weight excluding hydrogens is 474 g/mol. The fraction of sp³-hybridized carbons (Fsp3) is 0.194. The quantitative estimate of drug-likeness (QED) is 0.392. The van der Waals surface area contributed by atoms with E-state index in [1.54, 1.807) is 18.5 Å². The van der Waals surface area contributed by atoms with Crippen LogP contribution in [0.4, 0.5) is 5.82 Å². The number of rotatable bonds is 4. The van der Waals surface area contributed by atoms with Crippen molar-refractivity contribution in [2.45, 2.75) is 38.5 Å². The highest BCUT2D eigenvalue weighted by atomic mass is 16.2. The fourth-order valence-electron chi connectivity index (χ4n) is 5.43. The number of aromatic nitrogens is 3. The van der Waals surface area contributed by atoms with Crippen molar-refractivity contribution < 1.29 is 9.59 Å². The van der Waals surface area contributed by atoms with E-state index in [9.17, 15) is 9.59 Å². The Morgan fingerprint density at radius 1 is 0.895 bits per heavy atom. The van der Waals surface area contributed by atoms with E-state index < -0.39 is 5.92 Å². The normalized spacial score (nSPS) is 19.3. The second kappa shape index (κ2) is 9.67. The number of nitrogens with one attached hydrogen (secondary N) is 2. The Bertz CT molecular complexity index is 1620. The maximum Gasteiger partial charge on any atom is 0.255 e. The third-order valence-corrected chi connectivity index (χ3v) is 7.26. The Balaban J connectivity index is 1.45. The summed E-state index contributed by atoms with van der Waals surface area (Å²) in [4.78, 5) is 41.4. The molecule has 38 heavy (non-hydrogen) atoms. The van der Waals surface area contributed by atoms with Crippen LogP contribution in [0.3, 0.4) is 0 Å². The number of para-hydroxylation sites is 2. The second-order valence-corrected chi connectivity index (χ2v) is 9.89. The number of fused-ring (bicyclic) bond motifs is 1. The highest BCUT2D eigenvalue weighted by molar-refractivity contribution is 6.09. The van der Waals surface area contributed by atoms with Gasteiger partial charge in [0.25, 0.3) is 5.91 Å². The lowest BCUT2D eigenvalue weighted by Crippen LogP contribution is -2.37. The Morgan fingerprint density at radius 2 is 1.66 bits per heavy atom. The number of carbonyl (C=O) groups is 2. The number of benzene rings is 2. The molecule has 2 aliphatic rings. The molecule has 3 heterocycles. The van der Waals surface area contributed by atoms with E-state index in [1.807, 2.05) is 62.4 Å². The zero-order valence-electron chi connectivity index (χ0n) is 21.2. The summed E-state index contributed by atoms with van der Waals surface area (Å²) in [5, 5.41) is 6.34. The van der Waals surface area contributed by atoms with Crippen LogP contribution in [-0.2, 0) is 9.59 Å². The molecule has 7 nitrogen and oxygen atoms in total. The van der Waals surface area contributed by atoms with Crippen molar-refractivity contribution >= 4 is 28.5 Å². The second-order valence-electron chi connectivity index (χ2n) is 9.89. The average Bonchev–Trinajstić information content (AvgIpc) is 2.93. The van der Waals surface area contributed by atoms with Crippen LogP contribution in [0.1, 0.15) is 48.4 Å². The number of pyridine rings is 1. The molecule has 2 aromatic heterocycles. The van der Waals surface area contributed by atoms with Crippen LogP contribution >= 0.6 is 0 Å². The molecule has 7 heteroatoms. The number of carbonyl (C=O) groups excluding carboxylic acids is 2. The number of hydrogen-bond acceptors (Lipinski definition) is 6. The van der Waals surface area contributed by atoms with Crippen molar-refractivity contribution in [2.24, 2.45) is 0 Å². The largest absolute Gasteiger partial charge is 0.362 e. The number of amides is 1.